The predicted octanol–water partition coefficient (Wildman–Crippen LogP) is 1.77. The van der Waals surface area contributed by atoms with E-state index in [1.807, 2.05) is 6.92 Å². The van der Waals surface area contributed by atoms with E-state index in [1.165, 1.54) is 11.1 Å². The van der Waals surface area contributed by atoms with E-state index in [1.54, 1.807) is 0 Å². The fourth-order valence-corrected chi connectivity index (χ4v) is 2.08. The van der Waals surface area contributed by atoms with Gasteiger partial charge in [0.25, 0.3) is 0 Å². The van der Waals surface area contributed by atoms with Crippen LogP contribution in [-0.2, 0) is 13.0 Å². The van der Waals surface area contributed by atoms with E-state index in [0.29, 0.717) is 11.7 Å². The maximum atomic E-state index is 5.20. The molecule has 4 heteroatoms. The fraction of sp³-hybridized carbons (Fsp3) is 0.333. The third-order valence-corrected chi connectivity index (χ3v) is 2.92. The average molecular weight is 215 g/mol. The Hall–Kier alpha value is -1.68. The Kier molecular flexibility index (Phi) is 2.22. The molecule has 0 unspecified atom stereocenters. The van der Waals surface area contributed by atoms with Crippen LogP contribution in [0.2, 0.25) is 0 Å². The summed E-state index contributed by atoms with van der Waals surface area (Å²) in [5.41, 5.74) is 2.72. The second-order valence-electron chi connectivity index (χ2n) is 4.09. The summed E-state index contributed by atoms with van der Waals surface area (Å²) in [5.74, 6) is 1.38. The van der Waals surface area contributed by atoms with Crippen molar-refractivity contribution >= 4 is 0 Å². The number of nitrogens with zero attached hydrogens (tertiary/aromatic N) is 2. The first-order valence-electron chi connectivity index (χ1n) is 5.43. The molecule has 0 spiro atoms. The summed E-state index contributed by atoms with van der Waals surface area (Å²) in [6.45, 7) is 2.70. The van der Waals surface area contributed by atoms with Gasteiger partial charge >= 0.3 is 0 Å². The second-order valence-corrected chi connectivity index (χ2v) is 4.09. The van der Waals surface area contributed by atoms with Crippen LogP contribution in [0.4, 0.5) is 0 Å². The Balaban J connectivity index is 1.88. The van der Waals surface area contributed by atoms with Crippen molar-refractivity contribution < 1.29 is 4.52 Å². The first-order valence-corrected chi connectivity index (χ1v) is 5.43. The zero-order valence-electron chi connectivity index (χ0n) is 9.10. The maximum Gasteiger partial charge on any atom is 0.244 e. The van der Waals surface area contributed by atoms with Gasteiger partial charge in [-0.1, -0.05) is 29.4 Å². The van der Waals surface area contributed by atoms with Crippen LogP contribution >= 0.6 is 0 Å². The normalized spacial score (nSPS) is 19.4. The van der Waals surface area contributed by atoms with E-state index in [4.69, 9.17) is 4.52 Å². The quantitative estimate of drug-likeness (QED) is 0.787. The van der Waals surface area contributed by atoms with Gasteiger partial charge in [-0.05, 0) is 24.5 Å². The first kappa shape index (κ1) is 9.54. The van der Waals surface area contributed by atoms with Crippen molar-refractivity contribution in [2.75, 3.05) is 0 Å². The van der Waals surface area contributed by atoms with Crippen LogP contribution in [0.15, 0.2) is 28.8 Å². The Morgan fingerprint density at radius 2 is 2.12 bits per heavy atom. The number of nitrogens with one attached hydrogen (secondary N) is 1. The zero-order chi connectivity index (χ0) is 11.0. The van der Waals surface area contributed by atoms with E-state index < -0.39 is 0 Å². The molecule has 82 valence electrons. The van der Waals surface area contributed by atoms with E-state index in [-0.39, 0.29) is 6.04 Å². The second kappa shape index (κ2) is 3.72. The molecule has 0 fully saturated rings. The number of fused-ring (bicyclic) bond motifs is 1. The van der Waals surface area contributed by atoms with Gasteiger partial charge in [0.2, 0.25) is 5.89 Å². The van der Waals surface area contributed by atoms with Crippen molar-refractivity contribution in [3.05, 3.63) is 47.1 Å². The molecular weight excluding hydrogens is 202 g/mol. The number of benzene rings is 1. The molecule has 0 saturated carbocycles. The summed E-state index contributed by atoms with van der Waals surface area (Å²) in [5, 5.41) is 7.23. The Morgan fingerprint density at radius 1 is 1.31 bits per heavy atom. The highest BCUT2D eigenvalue weighted by molar-refractivity contribution is 5.30. The van der Waals surface area contributed by atoms with Gasteiger partial charge in [0.05, 0.1) is 6.04 Å². The molecule has 1 N–H and O–H groups in total. The molecule has 1 aromatic carbocycles. The number of aromatic nitrogens is 2. The van der Waals surface area contributed by atoms with Gasteiger partial charge in [-0.2, -0.15) is 4.98 Å². The lowest BCUT2D eigenvalue weighted by atomic mass is 9.96. The minimum atomic E-state index is 0.149. The molecule has 1 aromatic heterocycles. The third kappa shape index (κ3) is 1.61. The van der Waals surface area contributed by atoms with Crippen LogP contribution in [0.3, 0.4) is 0 Å². The summed E-state index contributed by atoms with van der Waals surface area (Å²) in [6.07, 6.45) is 0.914. The third-order valence-electron chi connectivity index (χ3n) is 2.92. The van der Waals surface area contributed by atoms with Crippen LogP contribution in [0.1, 0.15) is 28.9 Å². The molecule has 0 saturated heterocycles. The molecule has 2 heterocycles. The number of rotatable bonds is 1. The Labute approximate surface area is 93.7 Å². The fourth-order valence-electron chi connectivity index (χ4n) is 2.08. The van der Waals surface area contributed by atoms with Crippen LogP contribution < -0.4 is 5.32 Å². The highest BCUT2D eigenvalue weighted by atomic mass is 16.5. The van der Waals surface area contributed by atoms with Crippen LogP contribution in [-0.4, -0.2) is 10.1 Å². The average Bonchev–Trinajstić information content (AvgIpc) is 2.75. The molecule has 1 atom stereocenters. The summed E-state index contributed by atoms with van der Waals surface area (Å²) >= 11 is 0. The lowest BCUT2D eigenvalue weighted by Gasteiger charge is -2.23. The van der Waals surface area contributed by atoms with Crippen molar-refractivity contribution in [1.29, 1.82) is 0 Å². The highest BCUT2D eigenvalue weighted by Crippen LogP contribution is 2.24. The van der Waals surface area contributed by atoms with Crippen molar-refractivity contribution in [2.45, 2.75) is 25.9 Å². The summed E-state index contributed by atoms with van der Waals surface area (Å²) < 4.78 is 5.20. The van der Waals surface area contributed by atoms with Gasteiger partial charge in [0.15, 0.2) is 5.82 Å². The number of hydrogen-bond donors (Lipinski definition) is 1. The summed E-state index contributed by atoms with van der Waals surface area (Å²) in [6, 6.07) is 8.60. The molecule has 3 rings (SSSR count). The minimum absolute atomic E-state index is 0.149. The molecule has 16 heavy (non-hydrogen) atoms. The van der Waals surface area contributed by atoms with Crippen LogP contribution in [0.5, 0.6) is 0 Å². The van der Waals surface area contributed by atoms with E-state index in [9.17, 15) is 0 Å². The molecule has 4 nitrogen and oxygen atoms in total. The topological polar surface area (TPSA) is 51.0 Å². The molecular formula is C12H13N3O. The molecule has 1 aliphatic heterocycles. The molecule has 0 radical (unpaired) electrons. The predicted molar refractivity (Wildman–Crippen MR) is 58.8 cm³/mol. The SMILES string of the molecule is Cc1noc([C@@H]2Cc3ccccc3CN2)n1. The molecule has 0 aliphatic carbocycles. The van der Waals surface area contributed by atoms with E-state index in [2.05, 4.69) is 39.7 Å². The molecule has 2 aromatic rings. The van der Waals surface area contributed by atoms with Crippen LogP contribution in [0.25, 0.3) is 0 Å². The van der Waals surface area contributed by atoms with E-state index >= 15 is 0 Å². The van der Waals surface area contributed by atoms with E-state index in [0.717, 1.165) is 13.0 Å². The maximum absolute atomic E-state index is 5.20. The minimum Gasteiger partial charge on any atom is -0.338 e. The largest absolute Gasteiger partial charge is 0.338 e. The highest BCUT2D eigenvalue weighted by Gasteiger charge is 2.23. The van der Waals surface area contributed by atoms with Crippen molar-refractivity contribution in [2.24, 2.45) is 0 Å². The lowest BCUT2D eigenvalue weighted by Crippen LogP contribution is -2.28. The summed E-state index contributed by atoms with van der Waals surface area (Å²) in [7, 11) is 0. The number of aryl methyl sites for hydroxylation is 1. The number of hydrogen-bond acceptors (Lipinski definition) is 4. The Bertz CT molecular complexity index is 506. The first-order chi connectivity index (χ1) is 7.83. The van der Waals surface area contributed by atoms with Gasteiger partial charge in [-0.25, -0.2) is 0 Å². The van der Waals surface area contributed by atoms with Crippen molar-refractivity contribution in [1.82, 2.24) is 15.5 Å². The Morgan fingerprint density at radius 3 is 2.88 bits per heavy atom. The lowest BCUT2D eigenvalue weighted by molar-refractivity contribution is 0.319. The van der Waals surface area contributed by atoms with Crippen molar-refractivity contribution in [3.8, 4) is 0 Å². The van der Waals surface area contributed by atoms with Crippen molar-refractivity contribution in [3.63, 3.8) is 0 Å². The molecule has 0 bridgehead atoms. The molecule has 0 amide bonds. The van der Waals surface area contributed by atoms with Gasteiger partial charge in [-0.3, -0.25) is 0 Å². The van der Waals surface area contributed by atoms with Gasteiger partial charge in [-0.15, -0.1) is 0 Å². The van der Waals surface area contributed by atoms with Crippen LogP contribution in [0, 0.1) is 6.92 Å². The van der Waals surface area contributed by atoms with Gasteiger partial charge < -0.3 is 9.84 Å². The zero-order valence-corrected chi connectivity index (χ0v) is 9.10. The van der Waals surface area contributed by atoms with Gasteiger partial charge in [0.1, 0.15) is 0 Å². The molecule has 1 aliphatic rings. The standard InChI is InChI=1S/C12H13N3O/c1-8-14-12(16-15-8)11-6-9-4-2-3-5-10(9)7-13-11/h2-5,11,13H,6-7H2,1H3/t11-/m0/s1. The monoisotopic (exact) mass is 215 g/mol. The van der Waals surface area contributed by atoms with Gasteiger partial charge in [0, 0.05) is 6.54 Å². The summed E-state index contributed by atoms with van der Waals surface area (Å²) in [4.78, 5) is 4.27. The smallest absolute Gasteiger partial charge is 0.244 e.